The second kappa shape index (κ2) is 7.42. The zero-order valence-corrected chi connectivity index (χ0v) is 14.5. The Hall–Kier alpha value is -1.44. The molecule has 1 saturated heterocycles. The van der Waals surface area contributed by atoms with Gasteiger partial charge in [0, 0.05) is 31.2 Å². The number of hydrogen-bond donors (Lipinski definition) is 2. The number of sulfonamides is 1. The molecule has 0 atom stereocenters. The minimum Gasteiger partial charge on any atom is -0.339 e. The molecular formula is C16H25N3O3S. The Morgan fingerprint density at radius 3 is 2.35 bits per heavy atom. The predicted octanol–water partition coefficient (Wildman–Crippen LogP) is 1.18. The summed E-state index contributed by atoms with van der Waals surface area (Å²) in [6.07, 6.45) is 1.61. The van der Waals surface area contributed by atoms with Crippen LogP contribution in [0.5, 0.6) is 0 Å². The maximum atomic E-state index is 12.4. The van der Waals surface area contributed by atoms with Gasteiger partial charge in [0.15, 0.2) is 0 Å². The van der Waals surface area contributed by atoms with Crippen LogP contribution in [0.2, 0.25) is 0 Å². The van der Waals surface area contributed by atoms with E-state index in [-0.39, 0.29) is 22.8 Å². The molecule has 1 heterocycles. The third-order valence-electron chi connectivity index (χ3n) is 3.92. The van der Waals surface area contributed by atoms with Crippen LogP contribution in [0.15, 0.2) is 29.2 Å². The molecule has 1 aliphatic heterocycles. The molecule has 0 bridgehead atoms. The molecule has 1 aliphatic rings. The van der Waals surface area contributed by atoms with E-state index in [0.29, 0.717) is 25.2 Å². The molecule has 7 heteroatoms. The first-order valence-electron chi connectivity index (χ1n) is 7.94. The molecule has 6 nitrogen and oxygen atoms in total. The molecule has 1 aromatic rings. The fraction of sp³-hybridized carbons (Fsp3) is 0.562. The molecule has 3 N–H and O–H groups in total. The van der Waals surface area contributed by atoms with Crippen molar-refractivity contribution >= 4 is 15.9 Å². The fourth-order valence-corrected chi connectivity index (χ4v) is 3.64. The van der Waals surface area contributed by atoms with Gasteiger partial charge in [-0.1, -0.05) is 13.8 Å². The average molecular weight is 339 g/mol. The van der Waals surface area contributed by atoms with Crippen molar-refractivity contribution in [3.05, 3.63) is 29.8 Å². The first kappa shape index (κ1) is 17.9. The van der Waals surface area contributed by atoms with Crippen LogP contribution in [0.4, 0.5) is 0 Å². The normalized spacial score (nSPS) is 16.8. The van der Waals surface area contributed by atoms with Crippen molar-refractivity contribution in [1.82, 2.24) is 9.62 Å². The van der Waals surface area contributed by atoms with Crippen molar-refractivity contribution in [1.29, 1.82) is 0 Å². The van der Waals surface area contributed by atoms with Crippen molar-refractivity contribution in [3.63, 3.8) is 0 Å². The topological polar surface area (TPSA) is 92.5 Å². The maximum Gasteiger partial charge on any atom is 0.253 e. The molecule has 0 aromatic heterocycles. The van der Waals surface area contributed by atoms with E-state index in [1.807, 2.05) is 13.8 Å². The standard InChI is InChI=1S/C16H25N3O3S/c1-12(2)11-18-23(21,22)15-5-3-13(4-6-15)16(20)19-9-7-14(17)8-10-19/h3-6,12,14,18H,7-11,17H2,1-2H3. The van der Waals surface area contributed by atoms with Crippen molar-refractivity contribution in [3.8, 4) is 0 Å². The van der Waals surface area contributed by atoms with Crippen LogP contribution in [-0.2, 0) is 10.0 Å². The summed E-state index contributed by atoms with van der Waals surface area (Å²) in [7, 11) is -3.52. The van der Waals surface area contributed by atoms with Gasteiger partial charge in [0.05, 0.1) is 4.90 Å². The first-order valence-corrected chi connectivity index (χ1v) is 9.42. The highest BCUT2D eigenvalue weighted by atomic mass is 32.2. The van der Waals surface area contributed by atoms with Gasteiger partial charge in [-0.2, -0.15) is 0 Å². The van der Waals surface area contributed by atoms with Crippen LogP contribution in [-0.4, -0.2) is 44.9 Å². The van der Waals surface area contributed by atoms with E-state index in [9.17, 15) is 13.2 Å². The third-order valence-corrected chi connectivity index (χ3v) is 5.36. The van der Waals surface area contributed by atoms with Crippen molar-refractivity contribution < 1.29 is 13.2 Å². The fourth-order valence-electron chi connectivity index (χ4n) is 2.42. The second-order valence-electron chi connectivity index (χ2n) is 6.40. The van der Waals surface area contributed by atoms with Crippen LogP contribution in [0, 0.1) is 5.92 Å². The second-order valence-corrected chi connectivity index (χ2v) is 8.17. The number of hydrogen-bond acceptors (Lipinski definition) is 4. The molecule has 1 aromatic carbocycles. The number of piperidine rings is 1. The van der Waals surface area contributed by atoms with Crippen molar-refractivity contribution in [2.75, 3.05) is 19.6 Å². The zero-order chi connectivity index (χ0) is 17.0. The van der Waals surface area contributed by atoms with Crippen LogP contribution in [0.25, 0.3) is 0 Å². The Labute approximate surface area is 138 Å². The summed E-state index contributed by atoms with van der Waals surface area (Å²) in [6.45, 7) is 5.56. The Kier molecular flexibility index (Phi) is 5.78. The third kappa shape index (κ3) is 4.76. The quantitative estimate of drug-likeness (QED) is 0.842. The Morgan fingerprint density at radius 1 is 1.26 bits per heavy atom. The van der Waals surface area contributed by atoms with Gasteiger partial charge in [0.25, 0.3) is 5.91 Å². The summed E-state index contributed by atoms with van der Waals surface area (Å²) in [6, 6.07) is 6.26. The predicted molar refractivity (Wildman–Crippen MR) is 89.6 cm³/mol. The molecule has 2 rings (SSSR count). The lowest BCUT2D eigenvalue weighted by atomic mass is 10.1. The lowest BCUT2D eigenvalue weighted by Gasteiger charge is -2.30. The van der Waals surface area contributed by atoms with Gasteiger partial charge >= 0.3 is 0 Å². The van der Waals surface area contributed by atoms with Gasteiger partial charge in [0.1, 0.15) is 0 Å². The highest BCUT2D eigenvalue weighted by molar-refractivity contribution is 7.89. The van der Waals surface area contributed by atoms with Crippen molar-refractivity contribution in [2.45, 2.75) is 37.6 Å². The number of carbonyl (C=O) groups is 1. The van der Waals surface area contributed by atoms with E-state index >= 15 is 0 Å². The number of nitrogens with zero attached hydrogens (tertiary/aromatic N) is 1. The number of carbonyl (C=O) groups excluding carboxylic acids is 1. The highest BCUT2D eigenvalue weighted by Gasteiger charge is 2.22. The molecule has 1 fully saturated rings. The number of nitrogens with two attached hydrogens (primary N) is 1. The van der Waals surface area contributed by atoms with Gasteiger partial charge < -0.3 is 10.6 Å². The van der Waals surface area contributed by atoms with Crippen LogP contribution < -0.4 is 10.5 Å². The summed E-state index contributed by atoms with van der Waals surface area (Å²) in [5.74, 6) is 0.159. The van der Waals surface area contributed by atoms with Gasteiger partial charge in [0.2, 0.25) is 10.0 Å². The van der Waals surface area contributed by atoms with Gasteiger partial charge in [-0.15, -0.1) is 0 Å². The summed E-state index contributed by atoms with van der Waals surface area (Å²) in [4.78, 5) is 14.3. The van der Waals surface area contributed by atoms with E-state index in [1.54, 1.807) is 17.0 Å². The smallest absolute Gasteiger partial charge is 0.253 e. The molecule has 0 aliphatic carbocycles. The summed E-state index contributed by atoms with van der Waals surface area (Å²) < 4.78 is 26.8. The van der Waals surface area contributed by atoms with Crippen LogP contribution in [0.3, 0.4) is 0 Å². The van der Waals surface area contributed by atoms with Crippen LogP contribution in [0.1, 0.15) is 37.0 Å². The number of likely N-dealkylation sites (tertiary alicyclic amines) is 1. The van der Waals surface area contributed by atoms with E-state index in [1.165, 1.54) is 12.1 Å². The SMILES string of the molecule is CC(C)CNS(=O)(=O)c1ccc(C(=O)N2CCC(N)CC2)cc1. The lowest BCUT2D eigenvalue weighted by Crippen LogP contribution is -2.42. The van der Waals surface area contributed by atoms with Gasteiger partial charge in [-0.05, 0) is 43.0 Å². The summed E-state index contributed by atoms with van der Waals surface area (Å²) in [5.41, 5.74) is 6.34. The van der Waals surface area contributed by atoms with E-state index in [2.05, 4.69) is 4.72 Å². The largest absolute Gasteiger partial charge is 0.339 e. The number of amides is 1. The molecule has 0 spiro atoms. The van der Waals surface area contributed by atoms with Crippen molar-refractivity contribution in [2.24, 2.45) is 11.7 Å². The molecule has 128 valence electrons. The Balaban J connectivity index is 2.05. The molecular weight excluding hydrogens is 314 g/mol. The maximum absolute atomic E-state index is 12.4. The number of benzene rings is 1. The molecule has 1 amide bonds. The minimum atomic E-state index is -3.52. The van der Waals surface area contributed by atoms with E-state index in [0.717, 1.165) is 12.8 Å². The van der Waals surface area contributed by atoms with E-state index < -0.39 is 10.0 Å². The zero-order valence-electron chi connectivity index (χ0n) is 13.7. The van der Waals surface area contributed by atoms with Crippen LogP contribution >= 0.6 is 0 Å². The van der Waals surface area contributed by atoms with E-state index in [4.69, 9.17) is 5.73 Å². The Bertz CT molecular complexity index is 633. The number of rotatable bonds is 5. The monoisotopic (exact) mass is 339 g/mol. The average Bonchev–Trinajstić information content (AvgIpc) is 2.53. The lowest BCUT2D eigenvalue weighted by molar-refractivity contribution is 0.0714. The molecule has 0 unspecified atom stereocenters. The Morgan fingerprint density at radius 2 is 1.83 bits per heavy atom. The first-order chi connectivity index (χ1) is 10.8. The number of nitrogens with one attached hydrogen (secondary N) is 1. The highest BCUT2D eigenvalue weighted by Crippen LogP contribution is 2.15. The molecule has 0 saturated carbocycles. The van der Waals surface area contributed by atoms with Gasteiger partial charge in [-0.3, -0.25) is 4.79 Å². The molecule has 0 radical (unpaired) electrons. The molecule has 23 heavy (non-hydrogen) atoms. The summed E-state index contributed by atoms with van der Waals surface area (Å²) in [5, 5.41) is 0. The minimum absolute atomic E-state index is 0.0732. The van der Waals surface area contributed by atoms with Gasteiger partial charge in [-0.25, -0.2) is 13.1 Å². The summed E-state index contributed by atoms with van der Waals surface area (Å²) >= 11 is 0.